The summed E-state index contributed by atoms with van der Waals surface area (Å²) in [6, 6.07) is 1.97. The predicted octanol–water partition coefficient (Wildman–Crippen LogP) is 0.806. The molecule has 1 saturated heterocycles. The molecule has 0 aromatic carbocycles. The van der Waals surface area contributed by atoms with Crippen LogP contribution in [-0.2, 0) is 22.6 Å². The molecule has 0 spiro atoms. The van der Waals surface area contributed by atoms with Crippen LogP contribution >= 0.6 is 0 Å². The minimum atomic E-state index is -0.146. The van der Waals surface area contributed by atoms with E-state index in [1.807, 2.05) is 12.3 Å². The van der Waals surface area contributed by atoms with Gasteiger partial charge in [0.15, 0.2) is 5.82 Å². The van der Waals surface area contributed by atoms with E-state index in [9.17, 15) is 0 Å². The van der Waals surface area contributed by atoms with E-state index in [0.717, 1.165) is 37.0 Å². The molecule has 2 aromatic rings. The maximum absolute atomic E-state index is 5.89. The summed E-state index contributed by atoms with van der Waals surface area (Å²) in [6.07, 6.45) is 1.69. The largest absolute Gasteiger partial charge is 0.383 e. The average Bonchev–Trinajstić information content (AvgIpc) is 3.09. The maximum atomic E-state index is 5.89. The molecule has 0 amide bonds. The molecule has 2 aromatic heterocycles. The van der Waals surface area contributed by atoms with Gasteiger partial charge in [0.05, 0.1) is 25.5 Å². The molecule has 3 rings (SSSR count). The summed E-state index contributed by atoms with van der Waals surface area (Å²) in [4.78, 5) is 11.3. The lowest BCUT2D eigenvalue weighted by Crippen LogP contribution is -2.39. The van der Waals surface area contributed by atoms with E-state index in [2.05, 4.69) is 44.2 Å². The molecular weight excluding hydrogens is 322 g/mol. The van der Waals surface area contributed by atoms with Gasteiger partial charge in [-0.25, -0.2) is 14.6 Å². The Balaban J connectivity index is 1.65. The van der Waals surface area contributed by atoms with Gasteiger partial charge in [-0.05, 0) is 16.5 Å². The molecule has 136 valence electrons. The number of morpholine rings is 1. The number of hydrogen-bond donors (Lipinski definition) is 0. The highest BCUT2D eigenvalue weighted by Gasteiger charge is 2.27. The van der Waals surface area contributed by atoms with Crippen LogP contribution in [0.25, 0.3) is 0 Å². The van der Waals surface area contributed by atoms with Crippen LogP contribution in [0.3, 0.4) is 0 Å². The highest BCUT2D eigenvalue weighted by molar-refractivity contribution is 5.05. The van der Waals surface area contributed by atoms with Crippen molar-refractivity contribution in [3.05, 3.63) is 29.6 Å². The van der Waals surface area contributed by atoms with Crippen molar-refractivity contribution in [1.82, 2.24) is 35.1 Å². The molecule has 0 aliphatic carbocycles. The standard InChI is InChI=1S/C16H25N7O2/c1-12(2)15-17-5-4-13(18-15)10-22-6-9-25-14(11-22)16-19-20-21-23(16)7-8-24-3/h4-5,12,14H,6-11H2,1-3H3/t14-/m0/s1. The Bertz CT molecular complexity index is 676. The molecule has 0 saturated carbocycles. The summed E-state index contributed by atoms with van der Waals surface area (Å²) < 4.78 is 12.7. The zero-order valence-electron chi connectivity index (χ0n) is 15.0. The number of aromatic nitrogens is 6. The molecule has 0 bridgehead atoms. The lowest BCUT2D eigenvalue weighted by Gasteiger charge is -2.32. The molecule has 1 aliphatic heterocycles. The van der Waals surface area contributed by atoms with Gasteiger partial charge < -0.3 is 9.47 Å². The Hall–Kier alpha value is -1.97. The predicted molar refractivity (Wildman–Crippen MR) is 89.8 cm³/mol. The van der Waals surface area contributed by atoms with Gasteiger partial charge in [0.2, 0.25) is 0 Å². The number of hydrogen-bond acceptors (Lipinski definition) is 8. The van der Waals surface area contributed by atoms with Crippen LogP contribution in [0, 0.1) is 0 Å². The summed E-state index contributed by atoms with van der Waals surface area (Å²) in [5, 5.41) is 11.9. The summed E-state index contributed by atoms with van der Waals surface area (Å²) >= 11 is 0. The quantitative estimate of drug-likeness (QED) is 0.726. The van der Waals surface area contributed by atoms with Gasteiger partial charge in [-0.3, -0.25) is 4.90 Å². The Labute approximate surface area is 147 Å². The van der Waals surface area contributed by atoms with E-state index in [1.54, 1.807) is 11.8 Å². The second-order valence-electron chi connectivity index (χ2n) is 6.41. The third-order valence-electron chi connectivity index (χ3n) is 4.14. The molecule has 1 fully saturated rings. The second kappa shape index (κ2) is 8.41. The molecule has 25 heavy (non-hydrogen) atoms. The normalized spacial score (nSPS) is 18.8. The van der Waals surface area contributed by atoms with Gasteiger partial charge >= 0.3 is 0 Å². The fourth-order valence-corrected chi connectivity index (χ4v) is 2.79. The van der Waals surface area contributed by atoms with Gasteiger partial charge in [-0.15, -0.1) is 5.10 Å². The van der Waals surface area contributed by atoms with Crippen LogP contribution in [0.2, 0.25) is 0 Å². The van der Waals surface area contributed by atoms with Crippen molar-refractivity contribution < 1.29 is 9.47 Å². The lowest BCUT2D eigenvalue weighted by molar-refractivity contribution is -0.0400. The van der Waals surface area contributed by atoms with Crippen molar-refractivity contribution >= 4 is 0 Å². The molecule has 0 N–H and O–H groups in total. The molecule has 9 nitrogen and oxygen atoms in total. The Morgan fingerprint density at radius 3 is 3.08 bits per heavy atom. The van der Waals surface area contributed by atoms with Crippen LogP contribution in [0.15, 0.2) is 12.3 Å². The highest BCUT2D eigenvalue weighted by Crippen LogP contribution is 2.21. The molecular formula is C16H25N7O2. The molecule has 0 unspecified atom stereocenters. The van der Waals surface area contributed by atoms with Crippen molar-refractivity contribution in [2.24, 2.45) is 0 Å². The first kappa shape index (κ1) is 17.8. The Kier molecular flexibility index (Phi) is 6.00. The first-order chi connectivity index (χ1) is 12.2. The minimum Gasteiger partial charge on any atom is -0.383 e. The Morgan fingerprint density at radius 1 is 1.40 bits per heavy atom. The summed E-state index contributed by atoms with van der Waals surface area (Å²) in [7, 11) is 1.66. The molecule has 3 heterocycles. The van der Waals surface area contributed by atoms with Crippen LogP contribution in [0.1, 0.15) is 43.2 Å². The van der Waals surface area contributed by atoms with Gasteiger partial charge in [-0.1, -0.05) is 13.8 Å². The fraction of sp³-hybridized carbons (Fsp3) is 0.688. The number of tetrazole rings is 1. The van der Waals surface area contributed by atoms with Crippen LogP contribution in [-0.4, -0.2) is 68.5 Å². The van der Waals surface area contributed by atoms with Crippen LogP contribution in [0.4, 0.5) is 0 Å². The van der Waals surface area contributed by atoms with E-state index in [1.165, 1.54) is 0 Å². The van der Waals surface area contributed by atoms with Crippen molar-refractivity contribution in [3.63, 3.8) is 0 Å². The van der Waals surface area contributed by atoms with Crippen LogP contribution < -0.4 is 0 Å². The van der Waals surface area contributed by atoms with E-state index in [0.29, 0.717) is 25.7 Å². The third kappa shape index (κ3) is 4.56. The number of ether oxygens (including phenoxy) is 2. The van der Waals surface area contributed by atoms with E-state index in [4.69, 9.17) is 9.47 Å². The zero-order valence-corrected chi connectivity index (χ0v) is 15.0. The van der Waals surface area contributed by atoms with E-state index < -0.39 is 0 Å². The number of methoxy groups -OCH3 is 1. The van der Waals surface area contributed by atoms with Crippen molar-refractivity contribution in [2.45, 2.75) is 39.0 Å². The monoisotopic (exact) mass is 347 g/mol. The van der Waals surface area contributed by atoms with Crippen molar-refractivity contribution in [3.8, 4) is 0 Å². The van der Waals surface area contributed by atoms with Gasteiger partial charge in [-0.2, -0.15) is 0 Å². The van der Waals surface area contributed by atoms with E-state index >= 15 is 0 Å². The first-order valence-electron chi connectivity index (χ1n) is 8.58. The summed E-state index contributed by atoms with van der Waals surface area (Å²) in [5.41, 5.74) is 1.03. The summed E-state index contributed by atoms with van der Waals surface area (Å²) in [5.74, 6) is 1.95. The highest BCUT2D eigenvalue weighted by atomic mass is 16.5. The van der Waals surface area contributed by atoms with Crippen molar-refractivity contribution in [1.29, 1.82) is 0 Å². The van der Waals surface area contributed by atoms with Gasteiger partial charge in [0, 0.05) is 38.9 Å². The molecule has 0 radical (unpaired) electrons. The number of rotatable bonds is 7. The fourth-order valence-electron chi connectivity index (χ4n) is 2.79. The Morgan fingerprint density at radius 2 is 2.28 bits per heavy atom. The number of nitrogens with zero attached hydrogens (tertiary/aromatic N) is 7. The minimum absolute atomic E-state index is 0.146. The SMILES string of the molecule is COCCn1nnnc1[C@@H]1CN(Cc2ccnc(C(C)C)n2)CCO1. The van der Waals surface area contributed by atoms with Gasteiger partial charge in [0.1, 0.15) is 11.9 Å². The lowest BCUT2D eigenvalue weighted by atomic mass is 10.2. The third-order valence-corrected chi connectivity index (χ3v) is 4.14. The van der Waals surface area contributed by atoms with E-state index in [-0.39, 0.29) is 6.10 Å². The topological polar surface area (TPSA) is 91.1 Å². The zero-order chi connectivity index (χ0) is 17.6. The first-order valence-corrected chi connectivity index (χ1v) is 8.58. The average molecular weight is 347 g/mol. The molecule has 1 atom stereocenters. The smallest absolute Gasteiger partial charge is 0.181 e. The molecule has 9 heteroatoms. The molecule has 1 aliphatic rings. The second-order valence-corrected chi connectivity index (χ2v) is 6.41. The summed E-state index contributed by atoms with van der Waals surface area (Å²) in [6.45, 7) is 8.38. The van der Waals surface area contributed by atoms with Gasteiger partial charge in [0.25, 0.3) is 0 Å². The van der Waals surface area contributed by atoms with Crippen LogP contribution in [0.5, 0.6) is 0 Å². The van der Waals surface area contributed by atoms with Crippen molar-refractivity contribution in [2.75, 3.05) is 33.4 Å². The maximum Gasteiger partial charge on any atom is 0.181 e.